The quantitative estimate of drug-likeness (QED) is 0.493. The van der Waals surface area contributed by atoms with Gasteiger partial charge in [0.1, 0.15) is 4.99 Å². The summed E-state index contributed by atoms with van der Waals surface area (Å²) in [5, 5.41) is 3.63. The maximum absolute atomic E-state index is 12.1. The number of ether oxygens (including phenoxy) is 1. The smallest absolute Gasteiger partial charge is 0.219 e. The zero-order chi connectivity index (χ0) is 15.1. The van der Waals surface area contributed by atoms with E-state index in [4.69, 9.17) is 28.6 Å². The van der Waals surface area contributed by atoms with Crippen LogP contribution in [-0.2, 0) is 4.74 Å². The van der Waals surface area contributed by atoms with Crippen molar-refractivity contribution in [3.05, 3.63) is 34.9 Å². The lowest BCUT2D eigenvalue weighted by Crippen LogP contribution is -2.38. The Bertz CT molecular complexity index is 487. The molecule has 6 heteroatoms. The first kappa shape index (κ1) is 16.4. The Hall–Kier alpha value is -1.01. The van der Waals surface area contributed by atoms with Crippen LogP contribution >= 0.6 is 23.8 Å². The van der Waals surface area contributed by atoms with Crippen LogP contribution in [0.3, 0.4) is 0 Å². The van der Waals surface area contributed by atoms with Crippen molar-refractivity contribution < 1.29 is 9.53 Å². The predicted molar refractivity (Wildman–Crippen MR) is 88.3 cm³/mol. The number of nitrogens with zero attached hydrogens (tertiary/aromatic N) is 1. The fraction of sp³-hybridized carbons (Fsp3) is 0.467. The molecule has 1 aromatic rings. The number of ketones is 1. The lowest BCUT2D eigenvalue weighted by atomic mass is 10.1. The van der Waals surface area contributed by atoms with Gasteiger partial charge < -0.3 is 10.1 Å². The molecule has 114 valence electrons. The molecule has 21 heavy (non-hydrogen) atoms. The molecule has 1 saturated heterocycles. The van der Waals surface area contributed by atoms with Gasteiger partial charge in [-0.05, 0) is 37.2 Å². The fourth-order valence-electron chi connectivity index (χ4n) is 2.14. The minimum absolute atomic E-state index is 0.159. The highest BCUT2D eigenvalue weighted by atomic mass is 35.5. The largest absolute Gasteiger partial charge is 0.379 e. The summed E-state index contributed by atoms with van der Waals surface area (Å²) in [6.07, 6.45) is 0.952. The third kappa shape index (κ3) is 5.36. The van der Waals surface area contributed by atoms with Gasteiger partial charge in [-0.3, -0.25) is 9.69 Å². The van der Waals surface area contributed by atoms with E-state index in [0.29, 0.717) is 17.1 Å². The lowest BCUT2D eigenvalue weighted by molar-refractivity contribution is 0.0376. The van der Waals surface area contributed by atoms with Gasteiger partial charge in [0.2, 0.25) is 5.78 Å². The van der Waals surface area contributed by atoms with Crippen molar-refractivity contribution in [2.75, 3.05) is 39.4 Å². The molecule has 1 fully saturated rings. The minimum atomic E-state index is -0.159. The second-order valence-corrected chi connectivity index (χ2v) is 5.74. The number of thiocarbonyl (C=S) groups is 1. The van der Waals surface area contributed by atoms with E-state index in [2.05, 4.69) is 10.2 Å². The summed E-state index contributed by atoms with van der Waals surface area (Å²) in [5.74, 6) is -0.159. The Labute approximate surface area is 135 Å². The Morgan fingerprint density at radius 2 is 1.95 bits per heavy atom. The fourth-order valence-corrected chi connectivity index (χ4v) is 2.49. The molecule has 0 aliphatic carbocycles. The number of nitrogens with one attached hydrogen (secondary N) is 1. The minimum Gasteiger partial charge on any atom is -0.379 e. The molecule has 0 saturated carbocycles. The van der Waals surface area contributed by atoms with Crippen molar-refractivity contribution in [3.8, 4) is 0 Å². The highest BCUT2D eigenvalue weighted by molar-refractivity contribution is 7.82. The van der Waals surface area contributed by atoms with Crippen LogP contribution in [0.4, 0.5) is 0 Å². The first-order valence-electron chi connectivity index (χ1n) is 7.05. The van der Waals surface area contributed by atoms with Gasteiger partial charge in [-0.1, -0.05) is 23.8 Å². The van der Waals surface area contributed by atoms with Crippen molar-refractivity contribution in [3.63, 3.8) is 0 Å². The molecule has 0 atom stereocenters. The SMILES string of the molecule is O=C(C(=S)NCCCN1CCOCC1)c1ccc(Cl)cc1. The van der Waals surface area contributed by atoms with Crippen LogP contribution < -0.4 is 5.32 Å². The molecule has 0 unspecified atom stereocenters. The average molecular weight is 327 g/mol. The molecule has 0 radical (unpaired) electrons. The van der Waals surface area contributed by atoms with E-state index in [1.165, 1.54) is 0 Å². The molecule has 0 bridgehead atoms. The van der Waals surface area contributed by atoms with E-state index in [-0.39, 0.29) is 10.8 Å². The first-order chi connectivity index (χ1) is 10.2. The molecule has 0 aromatic heterocycles. The molecule has 1 aromatic carbocycles. The van der Waals surface area contributed by atoms with Crippen LogP contribution in [0.15, 0.2) is 24.3 Å². The molecule has 1 aliphatic heterocycles. The monoisotopic (exact) mass is 326 g/mol. The number of morpholine rings is 1. The van der Waals surface area contributed by atoms with Crippen LogP contribution in [0.1, 0.15) is 16.8 Å². The lowest BCUT2D eigenvalue weighted by Gasteiger charge is -2.26. The van der Waals surface area contributed by atoms with Gasteiger partial charge in [0, 0.05) is 30.2 Å². The number of hydrogen-bond donors (Lipinski definition) is 1. The standard InChI is InChI=1S/C15H19ClN2O2S/c16-13-4-2-12(3-5-13)14(19)15(21)17-6-1-7-18-8-10-20-11-9-18/h2-5H,1,6-11H2,(H,17,21). The number of halogens is 1. The van der Waals surface area contributed by atoms with Crippen molar-refractivity contribution in [1.82, 2.24) is 10.2 Å². The summed E-state index contributed by atoms with van der Waals surface area (Å²) >= 11 is 10.9. The van der Waals surface area contributed by atoms with Crippen LogP contribution in [0.5, 0.6) is 0 Å². The van der Waals surface area contributed by atoms with Gasteiger partial charge in [0.05, 0.1) is 13.2 Å². The molecular formula is C15H19ClN2O2S. The summed E-state index contributed by atoms with van der Waals surface area (Å²) in [6.45, 7) is 5.27. The Kier molecular flexibility index (Phi) is 6.57. The molecule has 1 aliphatic rings. The molecule has 1 heterocycles. The van der Waals surface area contributed by atoms with E-state index in [0.717, 1.165) is 39.3 Å². The van der Waals surface area contributed by atoms with Crippen LogP contribution in [-0.4, -0.2) is 55.1 Å². The second kappa shape index (κ2) is 8.44. The Morgan fingerprint density at radius 1 is 1.29 bits per heavy atom. The Morgan fingerprint density at radius 3 is 2.62 bits per heavy atom. The van der Waals surface area contributed by atoms with Crippen molar-refractivity contribution in [2.24, 2.45) is 0 Å². The highest BCUT2D eigenvalue weighted by Crippen LogP contribution is 2.10. The maximum Gasteiger partial charge on any atom is 0.219 e. The predicted octanol–water partition coefficient (Wildman–Crippen LogP) is 2.16. The summed E-state index contributed by atoms with van der Waals surface area (Å²) in [4.78, 5) is 14.7. The third-order valence-corrected chi connectivity index (χ3v) is 3.93. The molecular weight excluding hydrogens is 308 g/mol. The molecule has 4 nitrogen and oxygen atoms in total. The molecule has 0 amide bonds. The second-order valence-electron chi connectivity index (χ2n) is 4.90. The number of rotatable bonds is 6. The third-order valence-electron chi connectivity index (χ3n) is 3.35. The topological polar surface area (TPSA) is 41.6 Å². The number of hydrogen-bond acceptors (Lipinski definition) is 4. The van der Waals surface area contributed by atoms with Crippen LogP contribution in [0.25, 0.3) is 0 Å². The van der Waals surface area contributed by atoms with Gasteiger partial charge in [-0.2, -0.15) is 0 Å². The number of Topliss-reactive ketones (excluding diaryl/α,β-unsaturated/α-hetero) is 1. The van der Waals surface area contributed by atoms with Gasteiger partial charge >= 0.3 is 0 Å². The number of carbonyl (C=O) groups excluding carboxylic acids is 1. The Balaban J connectivity index is 1.69. The van der Waals surface area contributed by atoms with Crippen LogP contribution in [0, 0.1) is 0 Å². The van der Waals surface area contributed by atoms with Crippen molar-refractivity contribution in [1.29, 1.82) is 0 Å². The average Bonchev–Trinajstić information content (AvgIpc) is 2.52. The van der Waals surface area contributed by atoms with Gasteiger partial charge in [-0.15, -0.1) is 0 Å². The first-order valence-corrected chi connectivity index (χ1v) is 7.83. The molecule has 1 N–H and O–H groups in total. The highest BCUT2D eigenvalue weighted by Gasteiger charge is 2.12. The van der Waals surface area contributed by atoms with E-state index in [9.17, 15) is 4.79 Å². The van der Waals surface area contributed by atoms with Crippen LogP contribution in [0.2, 0.25) is 5.02 Å². The van der Waals surface area contributed by atoms with Gasteiger partial charge in [-0.25, -0.2) is 0 Å². The summed E-state index contributed by atoms with van der Waals surface area (Å²) < 4.78 is 5.30. The number of benzene rings is 1. The maximum atomic E-state index is 12.1. The zero-order valence-electron chi connectivity index (χ0n) is 11.8. The summed E-state index contributed by atoms with van der Waals surface area (Å²) in [6, 6.07) is 6.75. The van der Waals surface area contributed by atoms with E-state index in [1.807, 2.05) is 0 Å². The summed E-state index contributed by atoms with van der Waals surface area (Å²) in [7, 11) is 0. The summed E-state index contributed by atoms with van der Waals surface area (Å²) in [5.41, 5.74) is 0.560. The zero-order valence-corrected chi connectivity index (χ0v) is 13.4. The van der Waals surface area contributed by atoms with E-state index >= 15 is 0 Å². The number of carbonyl (C=O) groups is 1. The molecule has 2 rings (SSSR count). The van der Waals surface area contributed by atoms with Gasteiger partial charge in [0.15, 0.2) is 0 Å². The van der Waals surface area contributed by atoms with E-state index in [1.54, 1.807) is 24.3 Å². The molecule has 0 spiro atoms. The van der Waals surface area contributed by atoms with Gasteiger partial charge in [0.25, 0.3) is 0 Å². The normalized spacial score (nSPS) is 15.7. The van der Waals surface area contributed by atoms with Crippen molar-refractivity contribution in [2.45, 2.75) is 6.42 Å². The van der Waals surface area contributed by atoms with Crippen molar-refractivity contribution >= 4 is 34.6 Å². The van der Waals surface area contributed by atoms with E-state index < -0.39 is 0 Å².